The van der Waals surface area contributed by atoms with E-state index in [2.05, 4.69) is 17.6 Å². The number of aliphatic imine (C=N–C) groups is 1. The number of hydrogen-bond acceptors (Lipinski definition) is 4. The molecule has 2 aliphatic rings. The Labute approximate surface area is 195 Å². The minimum Gasteiger partial charge on any atom is -0.495 e. The molecule has 0 radical (unpaired) electrons. The van der Waals surface area contributed by atoms with Crippen LogP contribution < -0.4 is 9.64 Å². The lowest BCUT2D eigenvalue weighted by atomic mass is 9.97. The van der Waals surface area contributed by atoms with Crippen LogP contribution in [0.1, 0.15) is 39.2 Å². The van der Waals surface area contributed by atoms with Gasteiger partial charge in [0.2, 0.25) is 5.91 Å². The second kappa shape index (κ2) is 10.9. The average Bonchev–Trinajstić information content (AvgIpc) is 2.81. The predicted molar refractivity (Wildman–Crippen MR) is 134 cm³/mol. The summed E-state index contributed by atoms with van der Waals surface area (Å²) < 4.78 is 18.8. The minimum atomic E-state index is -0.286. The van der Waals surface area contributed by atoms with Crippen LogP contribution in [0.3, 0.4) is 0 Å². The number of amides is 1. The van der Waals surface area contributed by atoms with Gasteiger partial charge in [0.1, 0.15) is 5.75 Å². The molecule has 3 rings (SSSR count). The number of hydrogen-bond donors (Lipinski definition) is 0. The molecule has 2 aliphatic heterocycles. The number of rotatable bonds is 7. The molecule has 0 aromatic heterocycles. The van der Waals surface area contributed by atoms with E-state index in [0.29, 0.717) is 13.0 Å². The molecule has 0 spiro atoms. The molecular formula is C27H32FN3O2. The number of carbonyl (C=O) groups excluding carboxylic acids is 1. The second-order valence-electron chi connectivity index (χ2n) is 8.25. The summed E-state index contributed by atoms with van der Waals surface area (Å²) >= 11 is 0. The highest BCUT2D eigenvalue weighted by Gasteiger charge is 2.28. The Balaban J connectivity index is 1.83. The van der Waals surface area contributed by atoms with Crippen LogP contribution in [0.15, 0.2) is 76.7 Å². The van der Waals surface area contributed by atoms with E-state index in [1.807, 2.05) is 47.9 Å². The first-order valence-electron chi connectivity index (χ1n) is 11.2. The predicted octanol–water partition coefficient (Wildman–Crippen LogP) is 5.83. The van der Waals surface area contributed by atoms with Gasteiger partial charge in [0.05, 0.1) is 31.0 Å². The molecule has 1 aromatic rings. The largest absolute Gasteiger partial charge is 0.495 e. The first-order valence-corrected chi connectivity index (χ1v) is 11.2. The number of halogens is 1. The third-order valence-electron chi connectivity index (χ3n) is 5.91. The SMILES string of the molecule is C=C/C(=C\C=C(/C)F)[C@H](C)N1CCC/C(=C\c2ccc(N3C=NC(C)=CC3)c(OC)c2)C1=O. The molecule has 1 amide bonds. The van der Waals surface area contributed by atoms with Crippen molar-refractivity contribution in [2.75, 3.05) is 25.1 Å². The van der Waals surface area contributed by atoms with Gasteiger partial charge in [-0.25, -0.2) is 9.38 Å². The number of methoxy groups -OCH3 is 1. The molecule has 1 fully saturated rings. The molecule has 174 valence electrons. The van der Waals surface area contributed by atoms with Gasteiger partial charge in [-0.2, -0.15) is 0 Å². The van der Waals surface area contributed by atoms with Gasteiger partial charge >= 0.3 is 0 Å². The summed E-state index contributed by atoms with van der Waals surface area (Å²) in [5.74, 6) is 0.434. The number of likely N-dealkylation sites (tertiary alicyclic amines) is 1. The van der Waals surface area contributed by atoms with Gasteiger partial charge in [-0.1, -0.05) is 24.8 Å². The van der Waals surface area contributed by atoms with Gasteiger partial charge in [-0.3, -0.25) is 4.79 Å². The smallest absolute Gasteiger partial charge is 0.250 e. The standard InChI is InChI=1S/C27H32FN3O2/c1-6-23(11-9-19(2)28)21(4)31-14-7-8-24(27(31)32)16-22-10-12-25(26(17-22)33-5)30-15-13-20(3)29-18-30/h6,9-13,16-18,21H,1,7-8,14-15H2,2-5H3/b19-9+,23-11+,24-16+/t21-/m0/s1. The number of allylic oxidation sites excluding steroid dienone is 4. The first-order chi connectivity index (χ1) is 15.8. The summed E-state index contributed by atoms with van der Waals surface area (Å²) in [4.78, 5) is 21.5. The van der Waals surface area contributed by atoms with Gasteiger partial charge in [0, 0.05) is 24.4 Å². The van der Waals surface area contributed by atoms with Crippen molar-refractivity contribution in [2.45, 2.75) is 39.7 Å². The molecule has 6 heteroatoms. The van der Waals surface area contributed by atoms with Crippen molar-refractivity contribution in [3.8, 4) is 5.75 Å². The van der Waals surface area contributed by atoms with Gasteiger partial charge in [0.15, 0.2) is 0 Å². The van der Waals surface area contributed by atoms with Crippen molar-refractivity contribution in [1.29, 1.82) is 0 Å². The molecule has 0 saturated carbocycles. The third-order valence-corrected chi connectivity index (χ3v) is 5.91. The van der Waals surface area contributed by atoms with Gasteiger partial charge in [-0.15, -0.1) is 0 Å². The summed E-state index contributed by atoms with van der Waals surface area (Å²) in [6.45, 7) is 10.5. The quantitative estimate of drug-likeness (QED) is 0.389. The molecular weight excluding hydrogens is 417 g/mol. The Kier molecular flexibility index (Phi) is 8.04. The van der Waals surface area contributed by atoms with Crippen LogP contribution in [0.25, 0.3) is 6.08 Å². The lowest BCUT2D eigenvalue weighted by Gasteiger charge is -2.34. The van der Waals surface area contributed by atoms with Crippen molar-refractivity contribution >= 4 is 24.0 Å². The zero-order chi connectivity index (χ0) is 24.0. The number of carbonyl (C=O) groups is 1. The van der Waals surface area contributed by atoms with Crippen LogP contribution in [0.2, 0.25) is 0 Å². The zero-order valence-electron chi connectivity index (χ0n) is 19.8. The maximum absolute atomic E-state index is 13.3. The van der Waals surface area contributed by atoms with E-state index >= 15 is 0 Å². The second-order valence-corrected chi connectivity index (χ2v) is 8.25. The molecule has 1 aromatic carbocycles. The Bertz CT molecular complexity index is 1060. The molecule has 0 bridgehead atoms. The van der Waals surface area contributed by atoms with E-state index in [9.17, 15) is 9.18 Å². The van der Waals surface area contributed by atoms with Crippen LogP contribution in [0.5, 0.6) is 5.75 Å². The van der Waals surface area contributed by atoms with Gasteiger partial charge in [0.25, 0.3) is 0 Å². The van der Waals surface area contributed by atoms with Crippen molar-refractivity contribution in [2.24, 2.45) is 4.99 Å². The number of anilines is 1. The van der Waals surface area contributed by atoms with Crippen LogP contribution in [-0.4, -0.2) is 43.4 Å². The summed E-state index contributed by atoms with van der Waals surface area (Å²) in [6, 6.07) is 5.73. The summed E-state index contributed by atoms with van der Waals surface area (Å²) in [7, 11) is 1.64. The highest BCUT2D eigenvalue weighted by atomic mass is 19.1. The fraction of sp³-hybridized carbons (Fsp3) is 0.333. The van der Waals surface area contributed by atoms with E-state index in [1.165, 1.54) is 13.0 Å². The molecule has 0 N–H and O–H groups in total. The number of ether oxygens (including phenoxy) is 1. The maximum atomic E-state index is 13.3. The molecule has 0 aliphatic carbocycles. The van der Waals surface area contributed by atoms with E-state index in [1.54, 1.807) is 25.6 Å². The molecule has 2 heterocycles. The molecule has 1 saturated heterocycles. The maximum Gasteiger partial charge on any atom is 0.250 e. The zero-order valence-corrected chi connectivity index (χ0v) is 19.8. The fourth-order valence-electron chi connectivity index (χ4n) is 3.98. The summed E-state index contributed by atoms with van der Waals surface area (Å²) in [5.41, 5.74) is 4.38. The van der Waals surface area contributed by atoms with Crippen LogP contribution in [0, 0.1) is 0 Å². The summed E-state index contributed by atoms with van der Waals surface area (Å²) in [6.07, 6.45) is 12.1. The topological polar surface area (TPSA) is 45.1 Å². The van der Waals surface area contributed by atoms with Crippen LogP contribution >= 0.6 is 0 Å². The number of nitrogens with zero attached hydrogens (tertiary/aromatic N) is 3. The molecule has 5 nitrogen and oxygen atoms in total. The Morgan fingerprint density at radius 1 is 1.33 bits per heavy atom. The average molecular weight is 450 g/mol. The Hall–Kier alpha value is -3.41. The fourth-order valence-corrected chi connectivity index (χ4v) is 3.98. The first kappa shape index (κ1) is 24.2. The van der Waals surface area contributed by atoms with E-state index < -0.39 is 0 Å². The van der Waals surface area contributed by atoms with Crippen molar-refractivity contribution in [3.05, 3.63) is 77.3 Å². The molecule has 0 unspecified atom stereocenters. The molecule has 1 atom stereocenters. The van der Waals surface area contributed by atoms with E-state index in [4.69, 9.17) is 4.74 Å². The highest BCUT2D eigenvalue weighted by Crippen LogP contribution is 2.32. The Morgan fingerprint density at radius 2 is 2.12 bits per heavy atom. The highest BCUT2D eigenvalue weighted by molar-refractivity contribution is 5.99. The van der Waals surface area contributed by atoms with Crippen LogP contribution in [0.4, 0.5) is 10.1 Å². The van der Waals surface area contributed by atoms with Crippen LogP contribution in [-0.2, 0) is 4.79 Å². The monoisotopic (exact) mass is 449 g/mol. The normalized spacial score (nSPS) is 19.6. The van der Waals surface area contributed by atoms with Crippen molar-refractivity contribution in [1.82, 2.24) is 4.90 Å². The number of benzene rings is 1. The van der Waals surface area contributed by atoms with E-state index in [0.717, 1.165) is 46.8 Å². The molecule has 33 heavy (non-hydrogen) atoms. The number of piperidine rings is 1. The Morgan fingerprint density at radius 3 is 2.76 bits per heavy atom. The summed E-state index contributed by atoms with van der Waals surface area (Å²) in [5, 5.41) is 0. The third kappa shape index (κ3) is 5.89. The van der Waals surface area contributed by atoms with Gasteiger partial charge < -0.3 is 14.5 Å². The van der Waals surface area contributed by atoms with Crippen molar-refractivity contribution in [3.63, 3.8) is 0 Å². The van der Waals surface area contributed by atoms with E-state index in [-0.39, 0.29) is 17.8 Å². The van der Waals surface area contributed by atoms with Gasteiger partial charge in [-0.05, 0) is 75.1 Å². The van der Waals surface area contributed by atoms with Crippen molar-refractivity contribution < 1.29 is 13.9 Å². The lowest BCUT2D eigenvalue weighted by Crippen LogP contribution is -2.43. The minimum absolute atomic E-state index is 0.00531. The lowest BCUT2D eigenvalue weighted by molar-refractivity contribution is -0.129.